The molecule has 41 heavy (non-hydrogen) atoms. The number of allylic oxidation sites excluding steroid dienone is 3. The van der Waals surface area contributed by atoms with E-state index in [0.29, 0.717) is 73.3 Å². The summed E-state index contributed by atoms with van der Waals surface area (Å²) in [5.41, 5.74) is 4.78. The van der Waals surface area contributed by atoms with Gasteiger partial charge >= 0.3 is 6.03 Å². The number of rotatable bonds is 9. The number of benzene rings is 2. The molecule has 2 aromatic rings. The van der Waals surface area contributed by atoms with Crippen molar-refractivity contribution >= 4 is 52.2 Å². The number of hydrogen-bond acceptors (Lipinski definition) is 4. The summed E-state index contributed by atoms with van der Waals surface area (Å²) in [7, 11) is 0. The highest BCUT2D eigenvalue weighted by Crippen LogP contribution is 2.32. The number of carbonyl (C=O) groups excluding carboxylic acids is 2. The molecule has 218 valence electrons. The summed E-state index contributed by atoms with van der Waals surface area (Å²) in [6.45, 7) is 14.4. The smallest absolute Gasteiger partial charge is 0.322 e. The third kappa shape index (κ3) is 7.66. The Morgan fingerprint density at radius 3 is 2.32 bits per heavy atom. The average Bonchev–Trinajstić information content (AvgIpc) is 2.97. The number of anilines is 3. The van der Waals surface area contributed by atoms with Gasteiger partial charge in [-0.1, -0.05) is 55.3 Å². The van der Waals surface area contributed by atoms with Gasteiger partial charge in [-0.05, 0) is 66.8 Å². The van der Waals surface area contributed by atoms with Crippen LogP contribution in [0.25, 0.3) is 0 Å². The number of urea groups is 1. The molecule has 1 aliphatic heterocycles. The van der Waals surface area contributed by atoms with Gasteiger partial charge in [-0.15, -0.1) is 6.58 Å². The number of piperazine rings is 1. The lowest BCUT2D eigenvalue weighted by molar-refractivity contribution is -0.116. The maximum absolute atomic E-state index is 12.8. The molecule has 0 spiro atoms. The second-order valence-corrected chi connectivity index (χ2v) is 11.5. The summed E-state index contributed by atoms with van der Waals surface area (Å²) in [4.78, 5) is 31.8. The van der Waals surface area contributed by atoms with E-state index in [-0.39, 0.29) is 11.9 Å². The number of carbonyl (C=O) groups is 2. The van der Waals surface area contributed by atoms with E-state index in [1.165, 1.54) is 11.3 Å². The first-order chi connectivity index (χ1) is 19.7. The van der Waals surface area contributed by atoms with E-state index in [1.54, 1.807) is 23.1 Å². The van der Waals surface area contributed by atoms with Crippen molar-refractivity contribution in [1.29, 1.82) is 0 Å². The van der Waals surface area contributed by atoms with E-state index in [2.05, 4.69) is 59.9 Å². The molecule has 1 fully saturated rings. The Bertz CT molecular complexity index is 1300. The van der Waals surface area contributed by atoms with Crippen LogP contribution in [0.15, 0.2) is 78.5 Å². The lowest BCUT2D eigenvalue weighted by Gasteiger charge is -2.36. The highest BCUT2D eigenvalue weighted by Gasteiger charge is 2.24. The maximum Gasteiger partial charge on any atom is 0.322 e. The molecule has 2 atom stereocenters. The number of hydrogen-bond donors (Lipinski definition) is 2. The predicted octanol–water partition coefficient (Wildman–Crippen LogP) is 7.28. The van der Waals surface area contributed by atoms with Crippen LogP contribution in [0.3, 0.4) is 0 Å². The fourth-order valence-corrected chi connectivity index (χ4v) is 5.67. The SMILES string of the molecule is C=CCN(CCC(=O)Nc1ccc(N2CCN(C(=O)Nc3c(Cl)cccc3Cl)CC2)cc1)C1=C(C)C(C)C(C)C=C1. The number of amides is 3. The molecule has 1 aliphatic carbocycles. The van der Waals surface area contributed by atoms with Gasteiger partial charge in [-0.25, -0.2) is 4.79 Å². The van der Waals surface area contributed by atoms with Crippen molar-refractivity contribution in [3.63, 3.8) is 0 Å². The molecule has 7 nitrogen and oxygen atoms in total. The highest BCUT2D eigenvalue weighted by atomic mass is 35.5. The van der Waals surface area contributed by atoms with Crippen molar-refractivity contribution in [2.24, 2.45) is 11.8 Å². The molecule has 1 heterocycles. The normalized spacial score (nSPS) is 18.8. The quantitative estimate of drug-likeness (QED) is 0.299. The number of nitrogens with zero attached hydrogens (tertiary/aromatic N) is 3. The van der Waals surface area contributed by atoms with Gasteiger partial charge in [0.2, 0.25) is 5.91 Å². The molecule has 2 aliphatic rings. The van der Waals surface area contributed by atoms with Gasteiger partial charge in [0.15, 0.2) is 0 Å². The Hall–Kier alpha value is -3.42. The van der Waals surface area contributed by atoms with Gasteiger partial charge in [0, 0.05) is 62.8 Å². The fraction of sp³-hybridized carbons (Fsp3) is 0.375. The van der Waals surface area contributed by atoms with Crippen LogP contribution in [0.2, 0.25) is 10.0 Å². The third-order valence-electron chi connectivity index (χ3n) is 8.01. The summed E-state index contributed by atoms with van der Waals surface area (Å²) in [6.07, 6.45) is 6.69. The van der Waals surface area contributed by atoms with Crippen molar-refractivity contribution in [1.82, 2.24) is 9.80 Å². The van der Waals surface area contributed by atoms with E-state index in [0.717, 1.165) is 11.4 Å². The molecular weight excluding hydrogens is 557 g/mol. The van der Waals surface area contributed by atoms with Crippen molar-refractivity contribution < 1.29 is 9.59 Å². The zero-order chi connectivity index (χ0) is 29.5. The minimum atomic E-state index is -0.223. The van der Waals surface area contributed by atoms with Crippen LogP contribution in [0.1, 0.15) is 27.2 Å². The average molecular weight is 597 g/mol. The van der Waals surface area contributed by atoms with Crippen molar-refractivity contribution in [3.8, 4) is 0 Å². The van der Waals surface area contributed by atoms with E-state index in [1.807, 2.05) is 30.3 Å². The van der Waals surface area contributed by atoms with Gasteiger partial charge < -0.3 is 25.3 Å². The Kier molecular flexibility index (Phi) is 10.4. The van der Waals surface area contributed by atoms with Gasteiger partial charge in [0.25, 0.3) is 0 Å². The van der Waals surface area contributed by atoms with E-state index >= 15 is 0 Å². The monoisotopic (exact) mass is 595 g/mol. The van der Waals surface area contributed by atoms with Gasteiger partial charge in [-0.2, -0.15) is 0 Å². The van der Waals surface area contributed by atoms with Crippen LogP contribution in [0, 0.1) is 11.8 Å². The largest absolute Gasteiger partial charge is 0.368 e. The first-order valence-electron chi connectivity index (χ1n) is 14.1. The van der Waals surface area contributed by atoms with E-state index < -0.39 is 0 Å². The molecule has 0 aromatic heterocycles. The standard InChI is InChI=1S/C32H39Cl2N5O2/c1-5-16-38(29-14-9-22(2)23(3)24(29)4)17-15-30(40)35-25-10-12-26(13-11-25)37-18-20-39(21-19-37)32(41)36-31-27(33)7-6-8-28(31)34/h5-14,22-23H,1,15-21H2,2-4H3,(H,35,40)(H,36,41). The number of para-hydroxylation sites is 1. The van der Waals surface area contributed by atoms with Gasteiger partial charge in [0.1, 0.15) is 0 Å². The van der Waals surface area contributed by atoms with E-state index in [4.69, 9.17) is 23.2 Å². The minimum absolute atomic E-state index is 0.0236. The highest BCUT2D eigenvalue weighted by molar-refractivity contribution is 6.39. The van der Waals surface area contributed by atoms with Crippen molar-refractivity contribution in [2.75, 3.05) is 54.8 Å². The van der Waals surface area contributed by atoms with Crippen LogP contribution in [0.5, 0.6) is 0 Å². The minimum Gasteiger partial charge on any atom is -0.368 e. The Labute approximate surface area is 253 Å². The third-order valence-corrected chi connectivity index (χ3v) is 8.64. The number of halogens is 2. The predicted molar refractivity (Wildman–Crippen MR) is 171 cm³/mol. The zero-order valence-electron chi connectivity index (χ0n) is 24.0. The fourth-order valence-electron chi connectivity index (χ4n) is 5.18. The second-order valence-electron chi connectivity index (χ2n) is 10.7. The molecule has 0 saturated carbocycles. The van der Waals surface area contributed by atoms with E-state index in [9.17, 15) is 9.59 Å². The van der Waals surface area contributed by atoms with Gasteiger partial charge in [0.05, 0.1) is 15.7 Å². The lowest BCUT2D eigenvalue weighted by atomic mass is 9.84. The van der Waals surface area contributed by atoms with Crippen LogP contribution in [-0.2, 0) is 4.79 Å². The molecule has 3 amide bonds. The van der Waals surface area contributed by atoms with Crippen LogP contribution >= 0.6 is 23.2 Å². The molecule has 2 N–H and O–H groups in total. The summed E-state index contributed by atoms with van der Waals surface area (Å²) in [6, 6.07) is 12.8. The van der Waals surface area contributed by atoms with Crippen LogP contribution in [-0.4, -0.2) is 61.0 Å². The Morgan fingerprint density at radius 2 is 1.68 bits per heavy atom. The summed E-state index contributed by atoms with van der Waals surface area (Å²) >= 11 is 12.4. The van der Waals surface area contributed by atoms with Crippen LogP contribution < -0.4 is 15.5 Å². The molecule has 0 bridgehead atoms. The summed E-state index contributed by atoms with van der Waals surface area (Å²) in [5.74, 6) is 0.963. The molecular formula is C32H39Cl2N5O2. The summed E-state index contributed by atoms with van der Waals surface area (Å²) < 4.78 is 0. The van der Waals surface area contributed by atoms with Crippen LogP contribution in [0.4, 0.5) is 21.9 Å². The Morgan fingerprint density at radius 1 is 1.02 bits per heavy atom. The molecule has 9 heteroatoms. The molecule has 2 unspecified atom stereocenters. The molecule has 2 aromatic carbocycles. The Balaban J connectivity index is 1.26. The maximum atomic E-state index is 12.8. The summed E-state index contributed by atoms with van der Waals surface area (Å²) in [5, 5.41) is 6.67. The molecule has 1 saturated heterocycles. The molecule has 4 rings (SSSR count). The molecule has 0 radical (unpaired) electrons. The lowest BCUT2D eigenvalue weighted by Crippen LogP contribution is -2.50. The first kappa shape index (κ1) is 30.5. The van der Waals surface area contributed by atoms with Crippen molar-refractivity contribution in [2.45, 2.75) is 27.2 Å². The zero-order valence-corrected chi connectivity index (χ0v) is 25.5. The topological polar surface area (TPSA) is 67.9 Å². The second kappa shape index (κ2) is 14.0. The van der Waals surface area contributed by atoms with Crippen molar-refractivity contribution in [3.05, 3.63) is 88.6 Å². The van der Waals surface area contributed by atoms with Gasteiger partial charge in [-0.3, -0.25) is 4.79 Å². The first-order valence-corrected chi connectivity index (χ1v) is 14.8. The number of nitrogens with one attached hydrogen (secondary N) is 2.